The van der Waals surface area contributed by atoms with Crippen molar-refractivity contribution in [3.8, 4) is 0 Å². The molecule has 220 valence electrons. The van der Waals surface area contributed by atoms with Gasteiger partial charge in [0.2, 0.25) is 5.91 Å². The quantitative estimate of drug-likeness (QED) is 0.168. The van der Waals surface area contributed by atoms with Crippen molar-refractivity contribution in [1.82, 2.24) is 5.32 Å². The number of halogens is 12. The third-order valence-electron chi connectivity index (χ3n) is 5.53. The van der Waals surface area contributed by atoms with Crippen LogP contribution in [0.25, 0.3) is 5.83 Å². The summed E-state index contributed by atoms with van der Waals surface area (Å²) >= 11 is 17.6. The van der Waals surface area contributed by atoms with Crippen LogP contribution in [0.15, 0.2) is 36.4 Å². The first-order chi connectivity index (χ1) is 18.1. The van der Waals surface area contributed by atoms with Crippen LogP contribution in [0.3, 0.4) is 0 Å². The number of benzene rings is 2. The topological polar surface area (TPSA) is 46.2 Å². The molecule has 2 rings (SSSR count). The summed E-state index contributed by atoms with van der Waals surface area (Å²) in [4.78, 5) is 24.4. The lowest BCUT2D eigenvalue weighted by Gasteiger charge is -2.22. The number of amides is 1. The minimum atomic E-state index is -5.23. The summed E-state index contributed by atoms with van der Waals surface area (Å²) < 4.78 is 122. The molecule has 0 aliphatic carbocycles. The molecule has 15 heteroatoms. The van der Waals surface area contributed by atoms with Crippen LogP contribution in [0.2, 0.25) is 15.1 Å². The summed E-state index contributed by atoms with van der Waals surface area (Å²) in [5.41, 5.74) is -3.73. The van der Waals surface area contributed by atoms with E-state index in [1.165, 1.54) is 5.32 Å². The molecule has 0 radical (unpaired) electrons. The molecule has 0 saturated carbocycles. The number of hydrogen-bond acceptors (Lipinski definition) is 2. The average molecular weight is 643 g/mol. The van der Waals surface area contributed by atoms with Gasteiger partial charge >= 0.3 is 12.4 Å². The first kappa shape index (κ1) is 33.8. The van der Waals surface area contributed by atoms with Crippen LogP contribution in [-0.2, 0) is 11.0 Å². The van der Waals surface area contributed by atoms with Crippen molar-refractivity contribution in [2.75, 3.05) is 6.54 Å². The summed E-state index contributed by atoms with van der Waals surface area (Å²) in [6.07, 6.45) is -10.5. The van der Waals surface area contributed by atoms with Crippen LogP contribution in [-0.4, -0.2) is 30.3 Å². The Kier molecular flexibility index (Phi) is 10.6. The molecule has 2 aromatic carbocycles. The Morgan fingerprint density at radius 3 is 1.98 bits per heavy atom. The van der Waals surface area contributed by atoms with E-state index >= 15 is 4.39 Å². The molecule has 0 saturated heterocycles. The number of carbonyl (C=O) groups is 2. The monoisotopic (exact) mass is 641 g/mol. The molecule has 0 aliphatic heterocycles. The number of hydrogen-bond donors (Lipinski definition) is 1. The first-order valence-electron chi connectivity index (χ1n) is 11.1. The van der Waals surface area contributed by atoms with Gasteiger partial charge in [0.15, 0.2) is 5.78 Å². The number of alkyl halides is 8. The predicted molar refractivity (Wildman–Crippen MR) is 133 cm³/mol. The molecule has 1 amide bonds. The van der Waals surface area contributed by atoms with Gasteiger partial charge in [-0.25, -0.2) is 13.2 Å². The minimum absolute atomic E-state index is 0.156. The fourth-order valence-corrected chi connectivity index (χ4v) is 4.16. The van der Waals surface area contributed by atoms with E-state index in [-0.39, 0.29) is 26.7 Å². The van der Waals surface area contributed by atoms with Crippen molar-refractivity contribution < 1.29 is 49.1 Å². The standard InChI is InChI=1S/C25H19Cl3F9NO2/c1-11(22(40)38-10-24(32,33)34)5-20(39)14-4-3-12(6-16(14)25(35,36)37)19(29)9-15(23(2,30)31)13-7-17(26)21(28)18(27)8-13/h3-4,6-9,11,15H,5,10H2,1-2H3,(H,38,40)/b19-9-/t11-,15?/m0/s1. The highest BCUT2D eigenvalue weighted by Gasteiger charge is 2.38. The van der Waals surface area contributed by atoms with Crippen molar-refractivity contribution in [3.05, 3.63) is 73.7 Å². The Balaban J connectivity index is 2.45. The molecule has 3 nitrogen and oxygen atoms in total. The zero-order chi connectivity index (χ0) is 30.8. The first-order valence-corrected chi connectivity index (χ1v) is 12.2. The van der Waals surface area contributed by atoms with E-state index < -0.39 is 77.3 Å². The summed E-state index contributed by atoms with van der Waals surface area (Å²) in [6.45, 7) is -0.231. The van der Waals surface area contributed by atoms with E-state index in [4.69, 9.17) is 34.8 Å². The van der Waals surface area contributed by atoms with E-state index in [2.05, 4.69) is 0 Å². The lowest BCUT2D eigenvalue weighted by atomic mass is 9.90. The van der Waals surface area contributed by atoms with Gasteiger partial charge in [-0.1, -0.05) is 53.9 Å². The number of carbonyl (C=O) groups excluding carboxylic acids is 2. The molecule has 2 aromatic rings. The smallest absolute Gasteiger partial charge is 0.347 e. The van der Waals surface area contributed by atoms with E-state index in [1.54, 1.807) is 0 Å². The van der Waals surface area contributed by atoms with Crippen molar-refractivity contribution >= 4 is 52.3 Å². The van der Waals surface area contributed by atoms with Gasteiger partial charge in [-0.3, -0.25) is 9.59 Å². The normalized spacial score (nSPS) is 14.6. The highest BCUT2D eigenvalue weighted by atomic mass is 35.5. The largest absolute Gasteiger partial charge is 0.417 e. The van der Waals surface area contributed by atoms with Crippen LogP contribution >= 0.6 is 34.8 Å². The molecular formula is C25H19Cl3F9NO2. The van der Waals surface area contributed by atoms with Gasteiger partial charge in [-0.05, 0) is 29.8 Å². The van der Waals surface area contributed by atoms with Gasteiger partial charge < -0.3 is 5.32 Å². The van der Waals surface area contributed by atoms with Gasteiger partial charge in [-0.15, -0.1) is 0 Å². The maximum atomic E-state index is 15.1. The number of rotatable bonds is 9. The predicted octanol–water partition coefficient (Wildman–Crippen LogP) is 9.30. The molecule has 0 bridgehead atoms. The molecule has 0 aromatic heterocycles. The second-order valence-electron chi connectivity index (χ2n) is 8.87. The maximum absolute atomic E-state index is 15.1. The van der Waals surface area contributed by atoms with Crippen LogP contribution in [0.4, 0.5) is 39.5 Å². The Morgan fingerprint density at radius 2 is 1.50 bits per heavy atom. The third kappa shape index (κ3) is 9.04. The van der Waals surface area contributed by atoms with Crippen molar-refractivity contribution in [1.29, 1.82) is 0 Å². The van der Waals surface area contributed by atoms with Crippen molar-refractivity contribution in [2.24, 2.45) is 5.92 Å². The van der Waals surface area contributed by atoms with Crippen molar-refractivity contribution in [2.45, 2.75) is 44.5 Å². The SMILES string of the molecule is C[C@@H](CC(=O)c1ccc(/C(F)=C/C(c2cc(Cl)c(Cl)c(Cl)c2)C(C)(F)F)cc1C(F)(F)F)C(=O)NCC(F)(F)F. The van der Waals surface area contributed by atoms with E-state index in [9.17, 15) is 44.7 Å². The highest BCUT2D eigenvalue weighted by molar-refractivity contribution is 6.48. The van der Waals surface area contributed by atoms with E-state index in [0.29, 0.717) is 19.1 Å². The fourth-order valence-electron chi connectivity index (χ4n) is 3.55. The molecule has 40 heavy (non-hydrogen) atoms. The maximum Gasteiger partial charge on any atom is 0.417 e. The van der Waals surface area contributed by atoms with Crippen LogP contribution in [0, 0.1) is 5.92 Å². The van der Waals surface area contributed by atoms with Crippen LogP contribution < -0.4 is 5.32 Å². The summed E-state index contributed by atoms with van der Waals surface area (Å²) in [7, 11) is 0. The Morgan fingerprint density at radius 1 is 0.950 bits per heavy atom. The van der Waals surface area contributed by atoms with E-state index in [0.717, 1.165) is 25.1 Å². The number of allylic oxidation sites excluding steroid dienone is 1. The molecule has 0 fully saturated rings. The van der Waals surface area contributed by atoms with Gasteiger partial charge in [-0.2, -0.15) is 26.3 Å². The molecular weight excluding hydrogens is 624 g/mol. The van der Waals surface area contributed by atoms with Crippen molar-refractivity contribution in [3.63, 3.8) is 0 Å². The lowest BCUT2D eigenvalue weighted by Crippen LogP contribution is -2.37. The second kappa shape index (κ2) is 12.6. The Hall–Kier alpha value is -2.44. The summed E-state index contributed by atoms with van der Waals surface area (Å²) in [6, 6.07) is 3.53. The molecule has 1 unspecified atom stereocenters. The molecule has 0 heterocycles. The van der Waals surface area contributed by atoms with Gasteiger partial charge in [0, 0.05) is 30.4 Å². The Labute approximate surface area is 237 Å². The highest BCUT2D eigenvalue weighted by Crippen LogP contribution is 2.42. The molecule has 2 atom stereocenters. The van der Waals surface area contributed by atoms with E-state index in [1.807, 2.05) is 0 Å². The number of nitrogens with one attached hydrogen (secondary N) is 1. The zero-order valence-corrected chi connectivity index (χ0v) is 22.7. The fraction of sp³-hybridized carbons (Fsp3) is 0.360. The second-order valence-corrected chi connectivity index (χ2v) is 10.1. The molecule has 0 spiro atoms. The van der Waals surface area contributed by atoms with Crippen LogP contribution in [0.1, 0.15) is 53.2 Å². The van der Waals surface area contributed by atoms with Gasteiger partial charge in [0.05, 0.1) is 26.5 Å². The average Bonchev–Trinajstić information content (AvgIpc) is 2.81. The molecule has 1 N–H and O–H groups in total. The summed E-state index contributed by atoms with van der Waals surface area (Å²) in [5.74, 6) is -11.1. The minimum Gasteiger partial charge on any atom is -0.347 e. The Bertz CT molecular complexity index is 1280. The summed E-state index contributed by atoms with van der Waals surface area (Å²) in [5, 5.41) is 0.913. The molecule has 0 aliphatic rings. The lowest BCUT2D eigenvalue weighted by molar-refractivity contribution is -0.140. The number of Topliss-reactive ketones (excluding diaryl/α,β-unsaturated/α-hetero) is 1. The zero-order valence-electron chi connectivity index (χ0n) is 20.4. The van der Waals surface area contributed by atoms with Crippen LogP contribution in [0.5, 0.6) is 0 Å². The van der Waals surface area contributed by atoms with Gasteiger partial charge in [0.1, 0.15) is 12.4 Å². The third-order valence-corrected chi connectivity index (χ3v) is 6.72. The number of ketones is 1. The van der Waals surface area contributed by atoms with Gasteiger partial charge in [0.25, 0.3) is 5.92 Å².